The van der Waals surface area contributed by atoms with Gasteiger partial charge < -0.3 is 9.26 Å². The summed E-state index contributed by atoms with van der Waals surface area (Å²) in [6, 6.07) is 6.20. The average molecular weight is 322 g/mol. The molecular weight excluding hydrogens is 300 g/mol. The third kappa shape index (κ3) is 3.68. The Morgan fingerprint density at radius 1 is 1.21 bits per heavy atom. The zero-order valence-electron chi connectivity index (χ0n) is 14.0. The van der Waals surface area contributed by atoms with Gasteiger partial charge in [-0.2, -0.15) is 4.98 Å². The van der Waals surface area contributed by atoms with Crippen LogP contribution in [0.1, 0.15) is 49.1 Å². The van der Waals surface area contributed by atoms with E-state index in [2.05, 4.69) is 47.1 Å². The van der Waals surface area contributed by atoms with Crippen molar-refractivity contribution < 1.29 is 9.26 Å². The van der Waals surface area contributed by atoms with Gasteiger partial charge in [0.25, 0.3) is 0 Å². The zero-order valence-corrected chi connectivity index (χ0v) is 14.0. The molecule has 0 N–H and O–H groups in total. The Balaban J connectivity index is 1.52. The number of benzene rings is 1. The first-order valence-corrected chi connectivity index (χ1v) is 8.85. The van der Waals surface area contributed by atoms with Crippen LogP contribution in [-0.2, 0) is 11.2 Å². The minimum atomic E-state index is 0.212. The molecule has 0 bridgehead atoms. The van der Waals surface area contributed by atoms with Crippen molar-refractivity contribution >= 4 is 0 Å². The van der Waals surface area contributed by atoms with Gasteiger partial charge in [0.15, 0.2) is 0 Å². The monoisotopic (exact) mass is 322 g/mol. The molecule has 1 aromatic carbocycles. The molecule has 1 saturated heterocycles. The van der Waals surface area contributed by atoms with Gasteiger partial charge in [0.1, 0.15) is 0 Å². The van der Waals surface area contributed by atoms with E-state index in [4.69, 9.17) is 9.26 Å². The Morgan fingerprint density at radius 2 is 2.12 bits per heavy atom. The smallest absolute Gasteiger partial charge is 0.229 e. The fraction of sp³-hybridized carbons (Fsp3) is 0.500. The van der Waals surface area contributed by atoms with Crippen molar-refractivity contribution in [3.05, 3.63) is 35.2 Å². The minimum Gasteiger partial charge on any atom is -0.378 e. The van der Waals surface area contributed by atoms with Crippen LogP contribution in [0.5, 0.6) is 0 Å². The summed E-state index contributed by atoms with van der Waals surface area (Å²) in [4.78, 5) is 4.58. The van der Waals surface area contributed by atoms with Gasteiger partial charge in [0, 0.05) is 23.7 Å². The number of aromatic nitrogens is 2. The van der Waals surface area contributed by atoms with Crippen LogP contribution in [0.15, 0.2) is 22.7 Å². The summed E-state index contributed by atoms with van der Waals surface area (Å²) in [6.45, 7) is 2.90. The lowest BCUT2D eigenvalue weighted by molar-refractivity contribution is 0.0124. The summed E-state index contributed by atoms with van der Waals surface area (Å²) in [5, 5.41) is 4.17. The first kappa shape index (κ1) is 15.4. The number of aryl methyl sites for hydroxylation is 1. The summed E-state index contributed by atoms with van der Waals surface area (Å²) >= 11 is 0. The van der Waals surface area contributed by atoms with Gasteiger partial charge in [-0.25, -0.2) is 0 Å². The second-order valence-corrected chi connectivity index (χ2v) is 6.78. The molecule has 0 amide bonds. The molecule has 124 valence electrons. The normalized spacial score (nSPS) is 20.5. The molecule has 24 heavy (non-hydrogen) atoms. The highest BCUT2D eigenvalue weighted by Crippen LogP contribution is 2.28. The van der Waals surface area contributed by atoms with Crippen LogP contribution < -0.4 is 0 Å². The lowest BCUT2D eigenvalue weighted by Gasteiger charge is -2.20. The lowest BCUT2D eigenvalue weighted by Crippen LogP contribution is -2.21. The standard InChI is InChI=1S/C20H22N2O2/c1-14-5-6-16(10-9-15-7-8-15)12-18(14)20-21-19(24-22-20)13-17-4-2-3-11-23-17/h5-6,12,15,17H,2-4,7-8,11,13H2,1H3. The topological polar surface area (TPSA) is 48.2 Å². The van der Waals surface area contributed by atoms with Crippen LogP contribution in [0.25, 0.3) is 11.4 Å². The summed E-state index contributed by atoms with van der Waals surface area (Å²) in [6.07, 6.45) is 6.83. The average Bonchev–Trinajstić information content (AvgIpc) is 3.33. The predicted molar refractivity (Wildman–Crippen MR) is 91.4 cm³/mol. The first-order chi connectivity index (χ1) is 11.8. The van der Waals surface area contributed by atoms with Crippen molar-refractivity contribution in [1.29, 1.82) is 0 Å². The fourth-order valence-electron chi connectivity index (χ4n) is 2.96. The number of rotatable bonds is 3. The number of nitrogens with zero attached hydrogens (tertiary/aromatic N) is 2. The van der Waals surface area contributed by atoms with Gasteiger partial charge in [-0.1, -0.05) is 23.1 Å². The maximum atomic E-state index is 5.75. The van der Waals surface area contributed by atoms with E-state index < -0.39 is 0 Å². The van der Waals surface area contributed by atoms with E-state index in [9.17, 15) is 0 Å². The Hall–Kier alpha value is -2.12. The Labute approximate surface area is 142 Å². The molecule has 1 saturated carbocycles. The summed E-state index contributed by atoms with van der Waals surface area (Å²) in [5.41, 5.74) is 3.15. The van der Waals surface area contributed by atoms with Gasteiger partial charge in [-0.3, -0.25) is 0 Å². The van der Waals surface area contributed by atoms with Crippen molar-refractivity contribution in [3.8, 4) is 23.2 Å². The third-order valence-corrected chi connectivity index (χ3v) is 4.62. The molecule has 1 atom stereocenters. The molecular formula is C20H22N2O2. The van der Waals surface area contributed by atoms with E-state index in [0.29, 0.717) is 24.1 Å². The van der Waals surface area contributed by atoms with Gasteiger partial charge in [0.2, 0.25) is 11.7 Å². The second kappa shape index (κ2) is 6.78. The number of hydrogen-bond acceptors (Lipinski definition) is 4. The van der Waals surface area contributed by atoms with Crippen molar-refractivity contribution in [2.24, 2.45) is 5.92 Å². The van der Waals surface area contributed by atoms with Crippen molar-refractivity contribution in [2.45, 2.75) is 51.6 Å². The molecule has 1 aliphatic carbocycles. The molecule has 1 aromatic heterocycles. The molecule has 0 spiro atoms. The SMILES string of the molecule is Cc1ccc(C#CC2CC2)cc1-c1noc(CC2CCCCO2)n1. The van der Waals surface area contributed by atoms with Crippen LogP contribution in [0, 0.1) is 24.7 Å². The van der Waals surface area contributed by atoms with Crippen molar-refractivity contribution in [3.63, 3.8) is 0 Å². The van der Waals surface area contributed by atoms with Gasteiger partial charge >= 0.3 is 0 Å². The molecule has 1 aliphatic heterocycles. The quantitative estimate of drug-likeness (QED) is 0.804. The Morgan fingerprint density at radius 3 is 2.92 bits per heavy atom. The highest BCUT2D eigenvalue weighted by molar-refractivity contribution is 5.62. The van der Waals surface area contributed by atoms with E-state index in [1.54, 1.807) is 0 Å². The van der Waals surface area contributed by atoms with E-state index in [1.807, 2.05) is 0 Å². The highest BCUT2D eigenvalue weighted by atomic mass is 16.5. The van der Waals surface area contributed by atoms with Crippen molar-refractivity contribution in [1.82, 2.24) is 10.1 Å². The molecule has 4 heteroatoms. The highest BCUT2D eigenvalue weighted by Gasteiger charge is 2.19. The maximum absolute atomic E-state index is 5.75. The zero-order chi connectivity index (χ0) is 16.4. The summed E-state index contributed by atoms with van der Waals surface area (Å²) in [7, 11) is 0. The lowest BCUT2D eigenvalue weighted by atomic mass is 10.0. The Bertz CT molecular complexity index is 774. The van der Waals surface area contributed by atoms with Crippen LogP contribution in [0.4, 0.5) is 0 Å². The summed E-state index contributed by atoms with van der Waals surface area (Å²) in [5.74, 6) is 8.46. The van der Waals surface area contributed by atoms with Gasteiger partial charge in [-0.05, 0) is 56.7 Å². The molecule has 1 unspecified atom stereocenters. The molecule has 0 radical (unpaired) electrons. The van der Waals surface area contributed by atoms with Crippen LogP contribution in [0.2, 0.25) is 0 Å². The fourth-order valence-corrected chi connectivity index (χ4v) is 2.96. The molecule has 2 fully saturated rings. The second-order valence-electron chi connectivity index (χ2n) is 6.78. The molecule has 2 heterocycles. The van der Waals surface area contributed by atoms with E-state index in [-0.39, 0.29) is 6.10 Å². The number of ether oxygens (including phenoxy) is 1. The first-order valence-electron chi connectivity index (χ1n) is 8.85. The van der Waals surface area contributed by atoms with Gasteiger partial charge in [0.05, 0.1) is 12.5 Å². The molecule has 4 rings (SSSR count). The predicted octanol–water partition coefficient (Wildman–Crippen LogP) is 3.92. The number of hydrogen-bond donors (Lipinski definition) is 0. The van der Waals surface area contributed by atoms with E-state index in [1.165, 1.54) is 19.3 Å². The molecule has 4 nitrogen and oxygen atoms in total. The van der Waals surface area contributed by atoms with Crippen LogP contribution >= 0.6 is 0 Å². The third-order valence-electron chi connectivity index (χ3n) is 4.62. The molecule has 2 aliphatic rings. The van der Waals surface area contributed by atoms with E-state index in [0.717, 1.165) is 36.1 Å². The van der Waals surface area contributed by atoms with E-state index >= 15 is 0 Å². The van der Waals surface area contributed by atoms with Crippen molar-refractivity contribution in [2.75, 3.05) is 6.61 Å². The largest absolute Gasteiger partial charge is 0.378 e. The van der Waals surface area contributed by atoms with Crippen LogP contribution in [-0.4, -0.2) is 22.9 Å². The summed E-state index contributed by atoms with van der Waals surface area (Å²) < 4.78 is 11.2. The Kier molecular flexibility index (Phi) is 4.36. The van der Waals surface area contributed by atoms with Gasteiger partial charge in [-0.15, -0.1) is 0 Å². The van der Waals surface area contributed by atoms with Crippen LogP contribution in [0.3, 0.4) is 0 Å². The minimum absolute atomic E-state index is 0.212. The molecule has 2 aromatic rings. The maximum Gasteiger partial charge on any atom is 0.229 e.